The van der Waals surface area contributed by atoms with Crippen molar-refractivity contribution in [2.45, 2.75) is 58.8 Å². The maximum atomic E-state index is 4.61. The molecule has 1 heterocycles. The number of halogens is 1. The van der Waals surface area contributed by atoms with E-state index < -0.39 is 0 Å². The van der Waals surface area contributed by atoms with Gasteiger partial charge in [0.2, 0.25) is 0 Å². The molecule has 0 bridgehead atoms. The maximum absolute atomic E-state index is 4.61. The van der Waals surface area contributed by atoms with Crippen LogP contribution >= 0.6 is 24.0 Å². The van der Waals surface area contributed by atoms with Crippen molar-refractivity contribution in [1.82, 2.24) is 15.5 Å². The summed E-state index contributed by atoms with van der Waals surface area (Å²) in [6, 6.07) is 0. The smallest absolute Gasteiger partial charge is 0.191 e. The molecule has 0 saturated carbocycles. The molecule has 126 valence electrons. The molecule has 0 amide bonds. The number of nitrogens with zero attached hydrogens (tertiary/aromatic N) is 2. The lowest BCUT2D eigenvalue weighted by atomic mass is 10.2. The van der Waals surface area contributed by atoms with Gasteiger partial charge in [-0.05, 0) is 58.7 Å². The van der Waals surface area contributed by atoms with Crippen LogP contribution in [-0.4, -0.2) is 50.1 Å². The van der Waals surface area contributed by atoms with Gasteiger partial charge in [0.05, 0.1) is 0 Å². The molecule has 1 aliphatic rings. The molecule has 1 fully saturated rings. The van der Waals surface area contributed by atoms with Crippen LogP contribution < -0.4 is 10.6 Å². The first-order valence-corrected chi connectivity index (χ1v) is 8.61. The number of hydrogen-bond acceptors (Lipinski definition) is 2. The summed E-state index contributed by atoms with van der Waals surface area (Å²) in [4.78, 5) is 7.20. The zero-order valence-electron chi connectivity index (χ0n) is 14.0. The predicted octanol–water partition coefficient (Wildman–Crippen LogP) is 3.23. The van der Waals surface area contributed by atoms with Crippen LogP contribution in [0, 0.1) is 0 Å². The minimum atomic E-state index is 0. The second-order valence-electron chi connectivity index (χ2n) is 5.65. The van der Waals surface area contributed by atoms with E-state index in [0.29, 0.717) is 0 Å². The SMILES string of the molecule is CCCCCN=C(NCC)NCCCCN1CCCC1.I. The van der Waals surface area contributed by atoms with Gasteiger partial charge in [0.25, 0.3) is 0 Å². The van der Waals surface area contributed by atoms with Gasteiger partial charge >= 0.3 is 0 Å². The van der Waals surface area contributed by atoms with Crippen molar-refractivity contribution in [3.05, 3.63) is 0 Å². The van der Waals surface area contributed by atoms with E-state index in [2.05, 4.69) is 34.4 Å². The number of nitrogens with one attached hydrogen (secondary N) is 2. The first kappa shape index (κ1) is 21.0. The van der Waals surface area contributed by atoms with Gasteiger partial charge in [-0.15, -0.1) is 24.0 Å². The van der Waals surface area contributed by atoms with Gasteiger partial charge in [0.15, 0.2) is 5.96 Å². The molecular formula is C16H35IN4. The van der Waals surface area contributed by atoms with Crippen molar-refractivity contribution in [1.29, 1.82) is 0 Å². The lowest BCUT2D eigenvalue weighted by Gasteiger charge is -2.15. The normalized spacial score (nSPS) is 15.8. The van der Waals surface area contributed by atoms with E-state index >= 15 is 0 Å². The third-order valence-corrected chi connectivity index (χ3v) is 3.77. The third-order valence-electron chi connectivity index (χ3n) is 3.77. The Balaban J connectivity index is 0.00000400. The fourth-order valence-corrected chi connectivity index (χ4v) is 2.57. The van der Waals surface area contributed by atoms with E-state index in [1.54, 1.807) is 0 Å². The van der Waals surface area contributed by atoms with Crippen molar-refractivity contribution >= 4 is 29.9 Å². The van der Waals surface area contributed by atoms with Gasteiger partial charge in [-0.3, -0.25) is 4.99 Å². The van der Waals surface area contributed by atoms with Gasteiger partial charge in [0.1, 0.15) is 0 Å². The summed E-state index contributed by atoms with van der Waals surface area (Å²) in [5, 5.41) is 6.76. The van der Waals surface area contributed by atoms with Crippen LogP contribution in [-0.2, 0) is 0 Å². The second-order valence-corrected chi connectivity index (χ2v) is 5.65. The van der Waals surface area contributed by atoms with Crippen LogP contribution in [0.25, 0.3) is 0 Å². The lowest BCUT2D eigenvalue weighted by molar-refractivity contribution is 0.330. The highest BCUT2D eigenvalue weighted by molar-refractivity contribution is 14.0. The molecule has 0 aromatic heterocycles. The molecule has 1 aliphatic heterocycles. The zero-order chi connectivity index (χ0) is 14.5. The maximum Gasteiger partial charge on any atom is 0.191 e. The molecule has 0 unspecified atom stereocenters. The number of likely N-dealkylation sites (tertiary alicyclic amines) is 1. The highest BCUT2D eigenvalue weighted by Gasteiger charge is 2.09. The monoisotopic (exact) mass is 410 g/mol. The number of unbranched alkanes of at least 4 members (excludes halogenated alkanes) is 3. The van der Waals surface area contributed by atoms with Crippen LogP contribution in [0.5, 0.6) is 0 Å². The Morgan fingerprint density at radius 3 is 2.43 bits per heavy atom. The molecule has 1 rings (SSSR count). The standard InChI is InChI=1S/C16H34N4.HI/c1-3-5-6-11-18-16(17-4-2)19-12-7-8-13-20-14-9-10-15-20;/h3-15H2,1-2H3,(H2,17,18,19);1H. The molecular weight excluding hydrogens is 375 g/mol. The van der Waals surface area contributed by atoms with Gasteiger partial charge in [-0.2, -0.15) is 0 Å². The highest BCUT2D eigenvalue weighted by Crippen LogP contribution is 2.07. The number of rotatable bonds is 10. The Bertz CT molecular complexity index is 253. The molecule has 0 radical (unpaired) electrons. The highest BCUT2D eigenvalue weighted by atomic mass is 127. The van der Waals surface area contributed by atoms with E-state index in [-0.39, 0.29) is 24.0 Å². The summed E-state index contributed by atoms with van der Waals surface area (Å²) < 4.78 is 0. The number of guanidine groups is 1. The van der Waals surface area contributed by atoms with Crippen LogP contribution in [0.3, 0.4) is 0 Å². The van der Waals surface area contributed by atoms with Crippen molar-refractivity contribution in [3.8, 4) is 0 Å². The molecule has 0 aliphatic carbocycles. The third kappa shape index (κ3) is 11.2. The van der Waals surface area contributed by atoms with E-state index in [0.717, 1.165) is 25.6 Å². The van der Waals surface area contributed by atoms with Crippen LogP contribution in [0.1, 0.15) is 58.8 Å². The van der Waals surface area contributed by atoms with Crippen molar-refractivity contribution < 1.29 is 0 Å². The van der Waals surface area contributed by atoms with E-state index in [1.807, 2.05) is 0 Å². The molecule has 1 saturated heterocycles. The van der Waals surface area contributed by atoms with Crippen LogP contribution in [0.4, 0.5) is 0 Å². The topological polar surface area (TPSA) is 39.7 Å². The summed E-state index contributed by atoms with van der Waals surface area (Å²) in [6.07, 6.45) is 9.05. The predicted molar refractivity (Wildman–Crippen MR) is 104 cm³/mol. The molecule has 0 spiro atoms. The number of aliphatic imine (C=N–C) groups is 1. The largest absolute Gasteiger partial charge is 0.357 e. The minimum absolute atomic E-state index is 0. The average Bonchev–Trinajstić information content (AvgIpc) is 2.96. The molecule has 0 atom stereocenters. The quantitative estimate of drug-likeness (QED) is 0.252. The van der Waals surface area contributed by atoms with Crippen LogP contribution in [0.15, 0.2) is 4.99 Å². The summed E-state index contributed by atoms with van der Waals surface area (Å²) in [5.74, 6) is 0.991. The second kappa shape index (κ2) is 14.9. The van der Waals surface area contributed by atoms with Crippen molar-refractivity contribution in [3.63, 3.8) is 0 Å². The molecule has 0 aromatic rings. The fourth-order valence-electron chi connectivity index (χ4n) is 2.57. The Morgan fingerprint density at radius 1 is 1.00 bits per heavy atom. The van der Waals surface area contributed by atoms with Gasteiger partial charge in [0, 0.05) is 19.6 Å². The summed E-state index contributed by atoms with van der Waals surface area (Å²) in [5.41, 5.74) is 0. The zero-order valence-corrected chi connectivity index (χ0v) is 16.3. The first-order chi connectivity index (χ1) is 9.86. The van der Waals surface area contributed by atoms with E-state index in [1.165, 1.54) is 64.6 Å². The molecule has 21 heavy (non-hydrogen) atoms. The Kier molecular flexibility index (Phi) is 14.9. The van der Waals surface area contributed by atoms with Gasteiger partial charge in [-0.1, -0.05) is 19.8 Å². The fraction of sp³-hybridized carbons (Fsp3) is 0.938. The molecule has 2 N–H and O–H groups in total. The van der Waals surface area contributed by atoms with E-state index in [4.69, 9.17) is 0 Å². The van der Waals surface area contributed by atoms with E-state index in [9.17, 15) is 0 Å². The summed E-state index contributed by atoms with van der Waals surface area (Å²) >= 11 is 0. The van der Waals surface area contributed by atoms with Crippen molar-refractivity contribution in [2.75, 3.05) is 39.3 Å². The lowest BCUT2D eigenvalue weighted by Crippen LogP contribution is -2.38. The molecule has 5 heteroatoms. The summed E-state index contributed by atoms with van der Waals surface area (Å²) in [6.45, 7) is 11.2. The minimum Gasteiger partial charge on any atom is -0.357 e. The number of hydrogen-bond donors (Lipinski definition) is 2. The Hall–Kier alpha value is -0.0400. The average molecular weight is 410 g/mol. The first-order valence-electron chi connectivity index (χ1n) is 8.61. The molecule has 0 aromatic carbocycles. The van der Waals surface area contributed by atoms with Crippen molar-refractivity contribution in [2.24, 2.45) is 4.99 Å². The summed E-state index contributed by atoms with van der Waals surface area (Å²) in [7, 11) is 0. The Morgan fingerprint density at radius 2 is 1.76 bits per heavy atom. The Labute approximate surface area is 148 Å². The van der Waals surface area contributed by atoms with Gasteiger partial charge in [-0.25, -0.2) is 0 Å². The van der Waals surface area contributed by atoms with Gasteiger partial charge < -0.3 is 15.5 Å². The molecule has 4 nitrogen and oxygen atoms in total. The van der Waals surface area contributed by atoms with Crippen LogP contribution in [0.2, 0.25) is 0 Å².